The molecular weight excluding hydrogens is 416 g/mol. The van der Waals surface area contributed by atoms with Crippen LogP contribution < -0.4 is 14.8 Å². The van der Waals surface area contributed by atoms with E-state index in [4.69, 9.17) is 21.1 Å². The Balaban J connectivity index is 1.71. The van der Waals surface area contributed by atoms with Crippen molar-refractivity contribution >= 4 is 23.4 Å². The number of hydrogen-bond donors (Lipinski definition) is 1. The molecule has 1 N–H and O–H groups in total. The Morgan fingerprint density at radius 1 is 1.13 bits per heavy atom. The highest BCUT2D eigenvalue weighted by atomic mass is 35.5. The summed E-state index contributed by atoms with van der Waals surface area (Å²) in [5.41, 5.74) is 0.900. The maximum Gasteiger partial charge on any atom is 0.261 e. The third-order valence-electron chi connectivity index (χ3n) is 5.54. The number of amides is 2. The van der Waals surface area contributed by atoms with E-state index in [-0.39, 0.29) is 24.5 Å². The summed E-state index contributed by atoms with van der Waals surface area (Å²) in [7, 11) is 1.60. The van der Waals surface area contributed by atoms with E-state index in [0.717, 1.165) is 37.0 Å². The molecule has 0 spiro atoms. The molecule has 0 heterocycles. The van der Waals surface area contributed by atoms with Crippen molar-refractivity contribution in [1.82, 2.24) is 10.2 Å². The number of hydrogen-bond acceptors (Lipinski definition) is 4. The van der Waals surface area contributed by atoms with E-state index in [1.54, 1.807) is 43.2 Å². The molecule has 6 nitrogen and oxygen atoms in total. The van der Waals surface area contributed by atoms with Crippen LogP contribution in [0.2, 0.25) is 5.02 Å². The van der Waals surface area contributed by atoms with Gasteiger partial charge in [0.05, 0.1) is 7.11 Å². The predicted molar refractivity (Wildman–Crippen MR) is 120 cm³/mol. The van der Waals surface area contributed by atoms with Gasteiger partial charge in [-0.3, -0.25) is 9.59 Å². The quantitative estimate of drug-likeness (QED) is 0.629. The van der Waals surface area contributed by atoms with Crippen LogP contribution in [0.3, 0.4) is 0 Å². The third-order valence-corrected chi connectivity index (χ3v) is 5.77. The first-order valence-corrected chi connectivity index (χ1v) is 10.9. The predicted octanol–water partition coefficient (Wildman–Crippen LogP) is 4.20. The molecule has 166 valence electrons. The normalized spacial score (nSPS) is 14.7. The minimum atomic E-state index is -0.627. The first kappa shape index (κ1) is 22.9. The first-order chi connectivity index (χ1) is 15.0. The second-order valence-electron chi connectivity index (χ2n) is 7.78. The smallest absolute Gasteiger partial charge is 0.261 e. The Bertz CT molecular complexity index is 881. The first-order valence-electron chi connectivity index (χ1n) is 10.6. The number of halogens is 1. The van der Waals surface area contributed by atoms with Gasteiger partial charge in [-0.25, -0.2) is 0 Å². The van der Waals surface area contributed by atoms with Gasteiger partial charge in [-0.1, -0.05) is 42.6 Å². The van der Waals surface area contributed by atoms with E-state index < -0.39 is 6.04 Å². The van der Waals surface area contributed by atoms with Gasteiger partial charge < -0.3 is 19.7 Å². The maximum atomic E-state index is 13.1. The molecule has 7 heteroatoms. The van der Waals surface area contributed by atoms with E-state index >= 15 is 0 Å². The minimum absolute atomic E-state index is 0.142. The van der Waals surface area contributed by atoms with Crippen LogP contribution in [0.15, 0.2) is 48.5 Å². The number of rotatable bonds is 9. The highest BCUT2D eigenvalue weighted by molar-refractivity contribution is 6.30. The molecule has 0 radical (unpaired) electrons. The second-order valence-corrected chi connectivity index (χ2v) is 8.22. The Hall–Kier alpha value is -2.73. The standard InChI is InChI=1S/C24H29ClN2O4/c1-17(24(29)26-20-7-3-4-8-20)27(15-18-10-12-21(30-2)13-11-18)23(28)16-31-22-9-5-6-19(25)14-22/h5-6,9-14,17,20H,3-4,7-8,15-16H2,1-2H3,(H,26,29)/t17-/m0/s1. The Morgan fingerprint density at radius 2 is 1.84 bits per heavy atom. The monoisotopic (exact) mass is 444 g/mol. The zero-order valence-electron chi connectivity index (χ0n) is 18.0. The number of ether oxygens (including phenoxy) is 2. The fourth-order valence-electron chi connectivity index (χ4n) is 3.69. The van der Waals surface area contributed by atoms with Crippen molar-refractivity contribution in [3.63, 3.8) is 0 Å². The van der Waals surface area contributed by atoms with Gasteiger partial charge in [0.15, 0.2) is 6.61 Å². The second kappa shape index (κ2) is 11.0. The fraction of sp³-hybridized carbons (Fsp3) is 0.417. The third kappa shape index (κ3) is 6.62. The van der Waals surface area contributed by atoms with E-state index in [9.17, 15) is 9.59 Å². The molecule has 1 atom stereocenters. The van der Waals surface area contributed by atoms with Crippen molar-refractivity contribution in [3.8, 4) is 11.5 Å². The Kier molecular flexibility index (Phi) is 8.18. The van der Waals surface area contributed by atoms with Gasteiger partial charge in [0.2, 0.25) is 5.91 Å². The van der Waals surface area contributed by atoms with Gasteiger partial charge in [-0.15, -0.1) is 0 Å². The molecule has 1 aliphatic rings. The van der Waals surface area contributed by atoms with Crippen molar-refractivity contribution in [2.75, 3.05) is 13.7 Å². The molecule has 0 saturated heterocycles. The van der Waals surface area contributed by atoms with Crippen molar-refractivity contribution in [3.05, 3.63) is 59.1 Å². The van der Waals surface area contributed by atoms with Crippen LogP contribution in [0.4, 0.5) is 0 Å². The molecule has 3 rings (SSSR count). The van der Waals surface area contributed by atoms with Crippen LogP contribution in [-0.4, -0.2) is 42.5 Å². The molecule has 2 amide bonds. The summed E-state index contributed by atoms with van der Waals surface area (Å²) in [5.74, 6) is 0.827. The molecule has 1 aliphatic carbocycles. The topological polar surface area (TPSA) is 67.9 Å². The Labute approximate surface area is 188 Å². The molecule has 0 aromatic heterocycles. The lowest BCUT2D eigenvalue weighted by molar-refractivity contribution is -0.142. The number of methoxy groups -OCH3 is 1. The zero-order chi connectivity index (χ0) is 22.2. The molecule has 2 aromatic carbocycles. The van der Waals surface area contributed by atoms with Crippen molar-refractivity contribution < 1.29 is 19.1 Å². The highest BCUT2D eigenvalue weighted by Crippen LogP contribution is 2.20. The van der Waals surface area contributed by atoms with Gasteiger partial charge in [0, 0.05) is 17.6 Å². The Morgan fingerprint density at radius 3 is 2.48 bits per heavy atom. The average molecular weight is 445 g/mol. The SMILES string of the molecule is COc1ccc(CN(C(=O)COc2cccc(Cl)c2)[C@@H](C)C(=O)NC2CCCC2)cc1. The molecule has 0 aliphatic heterocycles. The van der Waals surface area contributed by atoms with Crippen LogP contribution in [-0.2, 0) is 16.1 Å². The number of benzene rings is 2. The van der Waals surface area contributed by atoms with Gasteiger partial charge in [-0.05, 0) is 55.7 Å². The number of carbonyl (C=O) groups is 2. The van der Waals surface area contributed by atoms with Crippen molar-refractivity contribution in [2.45, 2.75) is 51.2 Å². The summed E-state index contributed by atoms with van der Waals surface area (Å²) in [5, 5.41) is 3.62. The highest BCUT2D eigenvalue weighted by Gasteiger charge is 2.28. The number of nitrogens with zero attached hydrogens (tertiary/aromatic N) is 1. The van der Waals surface area contributed by atoms with Crippen LogP contribution in [0, 0.1) is 0 Å². The van der Waals surface area contributed by atoms with E-state index in [2.05, 4.69) is 5.32 Å². The number of carbonyl (C=O) groups excluding carboxylic acids is 2. The van der Waals surface area contributed by atoms with Gasteiger partial charge in [-0.2, -0.15) is 0 Å². The van der Waals surface area contributed by atoms with E-state index in [1.165, 1.54) is 0 Å². The summed E-state index contributed by atoms with van der Waals surface area (Å²) < 4.78 is 10.8. The van der Waals surface area contributed by atoms with Crippen LogP contribution in [0.5, 0.6) is 11.5 Å². The molecule has 1 saturated carbocycles. The summed E-state index contributed by atoms with van der Waals surface area (Å²) in [6.07, 6.45) is 4.23. The van der Waals surface area contributed by atoms with Crippen molar-refractivity contribution in [1.29, 1.82) is 0 Å². The summed E-state index contributed by atoms with van der Waals surface area (Å²) >= 11 is 5.99. The molecule has 0 unspecified atom stereocenters. The fourth-order valence-corrected chi connectivity index (χ4v) is 3.87. The molecule has 31 heavy (non-hydrogen) atoms. The van der Waals surface area contributed by atoms with Crippen LogP contribution >= 0.6 is 11.6 Å². The van der Waals surface area contributed by atoms with Gasteiger partial charge >= 0.3 is 0 Å². The zero-order valence-corrected chi connectivity index (χ0v) is 18.7. The molecule has 2 aromatic rings. The lowest BCUT2D eigenvalue weighted by Gasteiger charge is -2.29. The largest absolute Gasteiger partial charge is 0.497 e. The average Bonchev–Trinajstić information content (AvgIpc) is 3.29. The summed E-state index contributed by atoms with van der Waals surface area (Å²) in [4.78, 5) is 27.5. The maximum absolute atomic E-state index is 13.1. The van der Waals surface area contributed by atoms with E-state index in [1.807, 2.05) is 24.3 Å². The van der Waals surface area contributed by atoms with Gasteiger partial charge in [0.25, 0.3) is 5.91 Å². The molecule has 0 bridgehead atoms. The van der Waals surface area contributed by atoms with Crippen LogP contribution in [0.1, 0.15) is 38.2 Å². The summed E-state index contributed by atoms with van der Waals surface area (Å²) in [6, 6.07) is 13.9. The molecular formula is C24H29ClN2O4. The number of nitrogens with one attached hydrogen (secondary N) is 1. The summed E-state index contributed by atoms with van der Waals surface area (Å²) in [6.45, 7) is 1.86. The van der Waals surface area contributed by atoms with Gasteiger partial charge in [0.1, 0.15) is 17.5 Å². The van der Waals surface area contributed by atoms with Crippen LogP contribution in [0.25, 0.3) is 0 Å². The minimum Gasteiger partial charge on any atom is -0.497 e. The lowest BCUT2D eigenvalue weighted by atomic mass is 10.1. The molecule has 1 fully saturated rings. The lowest BCUT2D eigenvalue weighted by Crippen LogP contribution is -2.50. The van der Waals surface area contributed by atoms with E-state index in [0.29, 0.717) is 17.3 Å². The van der Waals surface area contributed by atoms with Crippen molar-refractivity contribution in [2.24, 2.45) is 0 Å².